The van der Waals surface area contributed by atoms with Gasteiger partial charge in [-0.1, -0.05) is 60.7 Å². The number of likely N-dealkylation sites (tertiary alicyclic amines) is 1. The molecule has 0 spiro atoms. The molecule has 1 amide bonds. The molecule has 1 aliphatic rings. The lowest BCUT2D eigenvalue weighted by molar-refractivity contribution is -0.142. The first-order chi connectivity index (χ1) is 14.9. The number of sulfonamides is 1. The van der Waals surface area contributed by atoms with Gasteiger partial charge in [0.15, 0.2) is 0 Å². The summed E-state index contributed by atoms with van der Waals surface area (Å²) in [6.07, 6.45) is -0.132. The minimum Gasteiger partial charge on any atom is -0.468 e. The fourth-order valence-electron chi connectivity index (χ4n) is 3.42. The molecule has 1 fully saturated rings. The minimum absolute atomic E-state index is 0.00217. The molecule has 0 aromatic heterocycles. The summed E-state index contributed by atoms with van der Waals surface area (Å²) in [5.41, 5.74) is 1.65. The van der Waals surface area contributed by atoms with E-state index in [1.807, 2.05) is 60.7 Å². The Morgan fingerprint density at radius 3 is 2.29 bits per heavy atom. The van der Waals surface area contributed by atoms with Crippen LogP contribution in [-0.4, -0.2) is 56.9 Å². The molecular weight excluding hydrogens is 420 g/mol. The molecule has 8 nitrogen and oxygen atoms in total. The summed E-state index contributed by atoms with van der Waals surface area (Å²) in [6.45, 7) is 0.385. The van der Waals surface area contributed by atoms with Gasteiger partial charge in [0.25, 0.3) is 0 Å². The Morgan fingerprint density at radius 2 is 1.68 bits per heavy atom. The van der Waals surface area contributed by atoms with Crippen LogP contribution in [0.25, 0.3) is 0 Å². The van der Waals surface area contributed by atoms with Crippen LogP contribution in [0.2, 0.25) is 0 Å². The highest BCUT2D eigenvalue weighted by Crippen LogP contribution is 2.19. The van der Waals surface area contributed by atoms with Crippen LogP contribution in [0.3, 0.4) is 0 Å². The highest BCUT2D eigenvalue weighted by molar-refractivity contribution is 7.90. The molecule has 1 heterocycles. The van der Waals surface area contributed by atoms with E-state index >= 15 is 0 Å². The number of rotatable bonds is 8. The van der Waals surface area contributed by atoms with E-state index in [9.17, 15) is 18.0 Å². The Balaban J connectivity index is 1.59. The van der Waals surface area contributed by atoms with Crippen LogP contribution < -0.4 is 4.72 Å². The first-order valence-corrected chi connectivity index (χ1v) is 11.5. The van der Waals surface area contributed by atoms with Gasteiger partial charge >= 0.3 is 12.1 Å². The zero-order valence-electron chi connectivity index (χ0n) is 17.3. The standard InChI is InChI=1S/C22H26N2O6S/c1-29-21(25)20(14-17-8-4-2-5-9-17)23-31(27,28)19-12-13-24(15-19)22(26)30-16-18-10-6-3-7-11-18/h2-11,19-20,23H,12-16H2,1H3/t19?,20-/m0/s1. The van der Waals surface area contributed by atoms with Gasteiger partial charge in [-0.3, -0.25) is 4.79 Å². The summed E-state index contributed by atoms with van der Waals surface area (Å²) >= 11 is 0. The number of nitrogens with one attached hydrogen (secondary N) is 1. The number of esters is 1. The van der Waals surface area contributed by atoms with E-state index in [2.05, 4.69) is 4.72 Å². The molecule has 3 rings (SSSR count). The van der Waals surface area contributed by atoms with E-state index in [0.717, 1.165) is 11.1 Å². The average Bonchev–Trinajstić information content (AvgIpc) is 3.29. The van der Waals surface area contributed by atoms with Crippen LogP contribution in [0.15, 0.2) is 60.7 Å². The molecule has 0 bridgehead atoms. The Morgan fingerprint density at radius 1 is 1.06 bits per heavy atom. The Labute approximate surface area is 182 Å². The third-order valence-corrected chi connectivity index (χ3v) is 7.00. The molecule has 0 saturated carbocycles. The van der Waals surface area contributed by atoms with Gasteiger partial charge in [-0.25, -0.2) is 17.9 Å². The summed E-state index contributed by atoms with van der Waals surface area (Å²) in [5, 5.41) is -0.834. The average molecular weight is 447 g/mol. The molecule has 2 aromatic rings. The number of methoxy groups -OCH3 is 1. The summed E-state index contributed by atoms with van der Waals surface area (Å²) in [4.78, 5) is 25.9. The maximum atomic E-state index is 12.9. The fraction of sp³-hybridized carbons (Fsp3) is 0.364. The van der Waals surface area contributed by atoms with Crippen LogP contribution in [0.1, 0.15) is 17.5 Å². The number of ether oxygens (including phenoxy) is 2. The molecule has 0 radical (unpaired) electrons. The minimum atomic E-state index is -3.87. The predicted molar refractivity (Wildman–Crippen MR) is 115 cm³/mol. The lowest BCUT2D eigenvalue weighted by atomic mass is 10.1. The van der Waals surface area contributed by atoms with Crippen molar-refractivity contribution in [1.29, 1.82) is 0 Å². The molecule has 1 N–H and O–H groups in total. The number of nitrogens with zero attached hydrogens (tertiary/aromatic N) is 1. The van der Waals surface area contributed by atoms with Crippen molar-refractivity contribution in [2.75, 3.05) is 20.2 Å². The Kier molecular flexibility index (Phi) is 7.64. The highest BCUT2D eigenvalue weighted by Gasteiger charge is 2.38. The van der Waals surface area contributed by atoms with E-state index in [-0.39, 0.29) is 32.5 Å². The van der Waals surface area contributed by atoms with Gasteiger partial charge in [-0.05, 0) is 24.0 Å². The normalized spacial score (nSPS) is 17.2. The van der Waals surface area contributed by atoms with Gasteiger partial charge in [0.05, 0.1) is 12.4 Å². The molecule has 1 aliphatic heterocycles. The van der Waals surface area contributed by atoms with Crippen LogP contribution in [0.5, 0.6) is 0 Å². The van der Waals surface area contributed by atoms with Crippen molar-refractivity contribution >= 4 is 22.1 Å². The van der Waals surface area contributed by atoms with E-state index in [4.69, 9.17) is 9.47 Å². The predicted octanol–water partition coefficient (Wildman–Crippen LogP) is 2.10. The van der Waals surface area contributed by atoms with Gasteiger partial charge in [-0.15, -0.1) is 0 Å². The van der Waals surface area contributed by atoms with Crippen molar-refractivity contribution in [1.82, 2.24) is 9.62 Å². The van der Waals surface area contributed by atoms with Crippen molar-refractivity contribution < 1.29 is 27.5 Å². The SMILES string of the molecule is COC(=O)[C@H](Cc1ccccc1)NS(=O)(=O)C1CCN(C(=O)OCc2ccccc2)C1. The molecule has 1 saturated heterocycles. The summed E-state index contributed by atoms with van der Waals surface area (Å²) in [5.74, 6) is -0.662. The molecule has 2 atom stereocenters. The van der Waals surface area contributed by atoms with E-state index in [1.54, 1.807) is 0 Å². The van der Waals surface area contributed by atoms with Crippen LogP contribution >= 0.6 is 0 Å². The monoisotopic (exact) mass is 446 g/mol. The zero-order valence-corrected chi connectivity index (χ0v) is 18.1. The van der Waals surface area contributed by atoms with E-state index in [0.29, 0.717) is 0 Å². The number of hydrogen-bond acceptors (Lipinski definition) is 6. The summed E-state index contributed by atoms with van der Waals surface area (Å²) in [7, 11) is -2.65. The second kappa shape index (κ2) is 10.4. The maximum Gasteiger partial charge on any atom is 0.410 e. The highest BCUT2D eigenvalue weighted by atomic mass is 32.2. The smallest absolute Gasteiger partial charge is 0.410 e. The van der Waals surface area contributed by atoms with E-state index in [1.165, 1.54) is 12.0 Å². The second-order valence-electron chi connectivity index (χ2n) is 7.33. The van der Waals surface area contributed by atoms with Gasteiger partial charge in [0, 0.05) is 13.1 Å². The quantitative estimate of drug-likeness (QED) is 0.623. The van der Waals surface area contributed by atoms with Gasteiger partial charge in [-0.2, -0.15) is 0 Å². The van der Waals surface area contributed by atoms with Crippen molar-refractivity contribution in [3.63, 3.8) is 0 Å². The molecule has 0 aliphatic carbocycles. The first-order valence-electron chi connectivity index (χ1n) is 9.97. The molecule has 31 heavy (non-hydrogen) atoms. The number of hydrogen-bond donors (Lipinski definition) is 1. The van der Waals surface area contributed by atoms with Crippen LogP contribution in [0, 0.1) is 0 Å². The number of carbonyl (C=O) groups excluding carboxylic acids is 2. The van der Waals surface area contributed by atoms with Crippen LogP contribution in [-0.2, 0) is 37.3 Å². The van der Waals surface area contributed by atoms with Gasteiger partial charge in [0.2, 0.25) is 10.0 Å². The third kappa shape index (κ3) is 6.28. The topological polar surface area (TPSA) is 102 Å². The number of amides is 1. The first kappa shape index (κ1) is 22.8. The van der Waals surface area contributed by atoms with Crippen molar-refractivity contribution in [3.8, 4) is 0 Å². The summed E-state index contributed by atoms with van der Waals surface area (Å²) in [6, 6.07) is 17.3. The lowest BCUT2D eigenvalue weighted by Gasteiger charge is -2.20. The zero-order chi connectivity index (χ0) is 22.3. The Bertz CT molecular complexity index is 982. The number of benzene rings is 2. The molecule has 166 valence electrons. The van der Waals surface area contributed by atoms with Crippen molar-refractivity contribution in [3.05, 3.63) is 71.8 Å². The summed E-state index contributed by atoms with van der Waals surface area (Å²) < 4.78 is 38.3. The second-order valence-corrected chi connectivity index (χ2v) is 9.32. The van der Waals surface area contributed by atoms with Crippen molar-refractivity contribution in [2.45, 2.75) is 30.7 Å². The lowest BCUT2D eigenvalue weighted by Crippen LogP contribution is -2.47. The van der Waals surface area contributed by atoms with E-state index < -0.39 is 33.4 Å². The molecule has 9 heteroatoms. The molecule has 1 unspecified atom stereocenters. The maximum absolute atomic E-state index is 12.9. The van der Waals surface area contributed by atoms with Crippen molar-refractivity contribution in [2.24, 2.45) is 0 Å². The number of carbonyl (C=O) groups is 2. The van der Waals surface area contributed by atoms with Gasteiger partial charge in [0.1, 0.15) is 12.6 Å². The third-order valence-electron chi connectivity index (χ3n) is 5.12. The van der Waals surface area contributed by atoms with Gasteiger partial charge < -0.3 is 14.4 Å². The fourth-order valence-corrected chi connectivity index (χ4v) is 4.98. The largest absolute Gasteiger partial charge is 0.468 e. The molecular formula is C22H26N2O6S. The molecule has 2 aromatic carbocycles. The Hall–Kier alpha value is -2.91. The van der Waals surface area contributed by atoms with Crippen LogP contribution in [0.4, 0.5) is 4.79 Å².